The average Bonchev–Trinajstić information content (AvgIpc) is 3.09. The molecule has 3 rings (SSSR count). The summed E-state index contributed by atoms with van der Waals surface area (Å²) < 4.78 is 36.5. The molecule has 6 nitrogen and oxygen atoms in total. The van der Waals surface area contributed by atoms with Gasteiger partial charge in [-0.1, -0.05) is 44.2 Å². The molecule has 174 valence electrons. The summed E-state index contributed by atoms with van der Waals surface area (Å²) in [6, 6.07) is 15.4. The maximum Gasteiger partial charge on any atom is 0.191 e. The summed E-state index contributed by atoms with van der Waals surface area (Å²) in [6.07, 6.45) is 1.81. The zero-order chi connectivity index (χ0) is 23.4. The first-order valence-corrected chi connectivity index (χ1v) is 12.9. The van der Waals surface area contributed by atoms with Gasteiger partial charge in [-0.3, -0.25) is 0 Å². The molecule has 0 aliphatic heterocycles. The Labute approximate surface area is 191 Å². The third-order valence-electron chi connectivity index (χ3n) is 5.15. The molecule has 1 aromatic heterocycles. The molecular weight excluding hydrogens is 424 g/mol. The van der Waals surface area contributed by atoms with Crippen molar-refractivity contribution in [3.8, 4) is 11.5 Å². The maximum atomic E-state index is 12.4. The third-order valence-corrected chi connectivity index (χ3v) is 6.24. The molecule has 0 atom stereocenters. The van der Waals surface area contributed by atoms with E-state index in [2.05, 4.69) is 38.0 Å². The van der Waals surface area contributed by atoms with Crippen molar-refractivity contribution < 1.29 is 17.9 Å². The molecule has 0 saturated heterocycles. The first-order valence-electron chi connectivity index (χ1n) is 11.0. The number of rotatable bonds is 11. The predicted molar refractivity (Wildman–Crippen MR) is 129 cm³/mol. The van der Waals surface area contributed by atoms with E-state index in [9.17, 15) is 8.42 Å². The van der Waals surface area contributed by atoms with Gasteiger partial charge in [0.05, 0.1) is 6.61 Å². The van der Waals surface area contributed by atoms with E-state index in [0.717, 1.165) is 28.0 Å². The number of fused-ring (bicyclic) bond motifs is 1. The normalized spacial score (nSPS) is 12.4. The van der Waals surface area contributed by atoms with Crippen molar-refractivity contribution in [3.63, 3.8) is 0 Å². The van der Waals surface area contributed by atoms with Gasteiger partial charge in [-0.25, -0.2) is 8.42 Å². The smallest absolute Gasteiger partial charge is 0.191 e. The van der Waals surface area contributed by atoms with E-state index < -0.39 is 9.84 Å². The second kappa shape index (κ2) is 9.96. The summed E-state index contributed by atoms with van der Waals surface area (Å²) in [5.41, 5.74) is 1.32. The molecule has 0 aliphatic rings. The van der Waals surface area contributed by atoms with Gasteiger partial charge in [0.2, 0.25) is 0 Å². The lowest BCUT2D eigenvalue weighted by Gasteiger charge is -2.27. The number of benzene rings is 2. The van der Waals surface area contributed by atoms with E-state index in [1.807, 2.05) is 48.5 Å². The molecule has 0 fully saturated rings. The molecule has 0 spiro atoms. The van der Waals surface area contributed by atoms with Crippen LogP contribution in [0.1, 0.15) is 33.3 Å². The van der Waals surface area contributed by atoms with Crippen LogP contribution in [-0.4, -0.2) is 45.0 Å². The van der Waals surface area contributed by atoms with Gasteiger partial charge in [0.1, 0.15) is 11.6 Å². The van der Waals surface area contributed by atoms with Crippen molar-refractivity contribution >= 4 is 20.7 Å². The fourth-order valence-corrected chi connectivity index (χ4v) is 4.59. The quantitative estimate of drug-likeness (QED) is 0.411. The number of H-pyrrole nitrogens is 1. The van der Waals surface area contributed by atoms with Crippen molar-refractivity contribution in [2.24, 2.45) is 5.92 Å². The van der Waals surface area contributed by atoms with Gasteiger partial charge < -0.3 is 19.8 Å². The highest BCUT2D eigenvalue weighted by Gasteiger charge is 2.26. The average molecular weight is 459 g/mol. The molecule has 2 aromatic carbocycles. The zero-order valence-corrected chi connectivity index (χ0v) is 20.4. The Balaban J connectivity index is 1.64. The summed E-state index contributed by atoms with van der Waals surface area (Å²) in [4.78, 5) is 3.09. The van der Waals surface area contributed by atoms with E-state index in [4.69, 9.17) is 9.47 Å². The van der Waals surface area contributed by atoms with Crippen LogP contribution in [0.5, 0.6) is 11.5 Å². The van der Waals surface area contributed by atoms with Gasteiger partial charge in [-0.15, -0.1) is 0 Å². The Morgan fingerprint density at radius 3 is 2.28 bits per heavy atom. The highest BCUT2D eigenvalue weighted by molar-refractivity contribution is 7.90. The lowest BCUT2D eigenvalue weighted by molar-refractivity contribution is 0.237. The number of hydrogen-bond acceptors (Lipinski definition) is 5. The minimum atomic E-state index is -3.37. The lowest BCUT2D eigenvalue weighted by Crippen LogP contribution is -2.43. The molecule has 32 heavy (non-hydrogen) atoms. The Morgan fingerprint density at radius 2 is 1.62 bits per heavy atom. The molecule has 0 unspecified atom stereocenters. The molecule has 0 aliphatic carbocycles. The minimum absolute atomic E-state index is 0.293. The van der Waals surface area contributed by atoms with E-state index in [-0.39, 0.29) is 5.54 Å². The number of aromatic nitrogens is 1. The minimum Gasteiger partial charge on any atom is -0.489 e. The van der Waals surface area contributed by atoms with Crippen molar-refractivity contribution in [2.45, 2.75) is 44.7 Å². The van der Waals surface area contributed by atoms with Crippen LogP contribution in [0.3, 0.4) is 0 Å². The molecule has 0 bridgehead atoms. The number of nitrogens with one attached hydrogen (secondary N) is 2. The first-order chi connectivity index (χ1) is 15.1. The second-order valence-corrected chi connectivity index (χ2v) is 11.2. The summed E-state index contributed by atoms with van der Waals surface area (Å²) >= 11 is 0. The monoisotopic (exact) mass is 458 g/mol. The Bertz CT molecular complexity index is 1150. The molecule has 3 aromatic rings. The lowest BCUT2D eigenvalue weighted by atomic mass is 9.94. The number of para-hydroxylation sites is 3. The van der Waals surface area contributed by atoms with E-state index in [0.29, 0.717) is 37.1 Å². The summed E-state index contributed by atoms with van der Waals surface area (Å²) in [6.45, 7) is 10.1. The van der Waals surface area contributed by atoms with Gasteiger partial charge >= 0.3 is 0 Å². The van der Waals surface area contributed by atoms with Crippen molar-refractivity contribution in [1.29, 1.82) is 0 Å². The second-order valence-electron chi connectivity index (χ2n) is 9.24. The molecule has 1 heterocycles. The standard InChI is InChI=1S/C25H34N2O4S/c1-18(2)17-31-23-13-9-8-12-22(23)30-15-14-26-25(3,4)16-20-19-10-6-7-11-21(19)27-24(20)32(5,28)29/h6-13,18,26-27H,14-17H2,1-5H3. The van der Waals surface area contributed by atoms with Gasteiger partial charge in [-0.05, 0) is 49.9 Å². The SMILES string of the molecule is CC(C)COc1ccccc1OCCNC(C)(C)Cc1c(S(C)(=O)=O)[nH]c2ccccc12. The molecule has 0 radical (unpaired) electrons. The number of ether oxygens (including phenoxy) is 2. The summed E-state index contributed by atoms with van der Waals surface area (Å²) in [7, 11) is -3.37. The number of hydrogen-bond donors (Lipinski definition) is 2. The maximum absolute atomic E-state index is 12.4. The molecule has 2 N–H and O–H groups in total. The van der Waals surface area contributed by atoms with Crippen LogP contribution in [0.25, 0.3) is 10.9 Å². The van der Waals surface area contributed by atoms with Crippen LogP contribution in [0.4, 0.5) is 0 Å². The first kappa shape index (κ1) is 24.1. The van der Waals surface area contributed by atoms with E-state index in [1.54, 1.807) is 0 Å². The van der Waals surface area contributed by atoms with Gasteiger partial charge in [0, 0.05) is 29.2 Å². The fourth-order valence-electron chi connectivity index (χ4n) is 3.67. The Morgan fingerprint density at radius 1 is 1.00 bits per heavy atom. The third kappa shape index (κ3) is 6.26. The van der Waals surface area contributed by atoms with E-state index in [1.165, 1.54) is 6.26 Å². The van der Waals surface area contributed by atoms with Crippen molar-refractivity contribution in [2.75, 3.05) is 26.0 Å². The number of sulfone groups is 1. The largest absolute Gasteiger partial charge is 0.489 e. The van der Waals surface area contributed by atoms with Crippen LogP contribution >= 0.6 is 0 Å². The molecule has 7 heteroatoms. The van der Waals surface area contributed by atoms with Crippen LogP contribution < -0.4 is 14.8 Å². The van der Waals surface area contributed by atoms with Crippen LogP contribution in [0.2, 0.25) is 0 Å². The van der Waals surface area contributed by atoms with Gasteiger partial charge in [-0.2, -0.15) is 0 Å². The summed E-state index contributed by atoms with van der Waals surface area (Å²) in [5, 5.41) is 4.74. The van der Waals surface area contributed by atoms with Crippen molar-refractivity contribution in [1.82, 2.24) is 10.3 Å². The van der Waals surface area contributed by atoms with Crippen LogP contribution in [-0.2, 0) is 16.3 Å². The molecular formula is C25H34N2O4S. The Hall–Kier alpha value is -2.51. The van der Waals surface area contributed by atoms with Crippen LogP contribution in [0.15, 0.2) is 53.6 Å². The van der Waals surface area contributed by atoms with E-state index >= 15 is 0 Å². The molecule has 0 saturated carbocycles. The highest BCUT2D eigenvalue weighted by atomic mass is 32.2. The highest BCUT2D eigenvalue weighted by Crippen LogP contribution is 2.29. The predicted octanol–water partition coefficient (Wildman–Crippen LogP) is 4.60. The zero-order valence-electron chi connectivity index (χ0n) is 19.6. The van der Waals surface area contributed by atoms with Crippen molar-refractivity contribution in [3.05, 3.63) is 54.1 Å². The Kier molecular flexibility index (Phi) is 7.51. The summed E-state index contributed by atoms with van der Waals surface area (Å²) in [5.74, 6) is 1.91. The fraction of sp³-hybridized carbons (Fsp3) is 0.440. The van der Waals surface area contributed by atoms with Gasteiger partial charge in [0.25, 0.3) is 0 Å². The topological polar surface area (TPSA) is 80.4 Å². The van der Waals surface area contributed by atoms with Crippen LogP contribution in [0, 0.1) is 5.92 Å². The molecule has 0 amide bonds. The van der Waals surface area contributed by atoms with Gasteiger partial charge in [0.15, 0.2) is 21.3 Å². The number of aromatic amines is 1.